The maximum Gasteiger partial charge on any atom is 0.181 e. The lowest BCUT2D eigenvalue weighted by molar-refractivity contribution is -0.709. The monoisotopic (exact) mass is 372 g/mol. The first-order chi connectivity index (χ1) is 13.7. The number of hydrogen-bond acceptors (Lipinski definition) is 0. The molecule has 0 aliphatic rings. The molecule has 1 nitrogen and oxygen atoms in total. The van der Waals surface area contributed by atoms with Crippen molar-refractivity contribution in [3.05, 3.63) is 100 Å². The summed E-state index contributed by atoms with van der Waals surface area (Å²) in [5, 5.41) is 0. The fraction of sp³-hybridized carbons (Fsp3) is 0.370. The van der Waals surface area contributed by atoms with Crippen molar-refractivity contribution >= 4 is 0 Å². The van der Waals surface area contributed by atoms with Gasteiger partial charge in [-0.05, 0) is 42.4 Å². The van der Waals surface area contributed by atoms with Gasteiger partial charge in [0.2, 0.25) is 0 Å². The Kier molecular flexibility index (Phi) is 7.42. The van der Waals surface area contributed by atoms with Crippen LogP contribution < -0.4 is 4.57 Å². The first kappa shape index (κ1) is 20.3. The lowest BCUT2D eigenvalue weighted by atomic mass is 9.93. The van der Waals surface area contributed by atoms with E-state index in [4.69, 9.17) is 0 Å². The van der Waals surface area contributed by atoms with Gasteiger partial charge in [-0.1, -0.05) is 74.0 Å². The van der Waals surface area contributed by atoms with Crippen LogP contribution in [0.1, 0.15) is 53.4 Å². The van der Waals surface area contributed by atoms with Crippen LogP contribution in [0.2, 0.25) is 0 Å². The lowest BCUT2D eigenvalue weighted by Gasteiger charge is -2.15. The molecule has 0 aliphatic heterocycles. The van der Waals surface area contributed by atoms with Crippen molar-refractivity contribution in [2.75, 3.05) is 0 Å². The summed E-state index contributed by atoms with van der Waals surface area (Å²) in [6.45, 7) is 8.01. The normalized spacial score (nSPS) is 11.0. The fourth-order valence-corrected chi connectivity index (χ4v) is 4.14. The minimum absolute atomic E-state index is 1.11. The van der Waals surface area contributed by atoms with Crippen molar-refractivity contribution in [3.8, 4) is 0 Å². The third kappa shape index (κ3) is 5.32. The molecule has 0 saturated heterocycles. The van der Waals surface area contributed by atoms with Crippen molar-refractivity contribution in [2.24, 2.45) is 0 Å². The number of benzene rings is 2. The largest absolute Gasteiger partial charge is 0.200 e. The fourth-order valence-electron chi connectivity index (χ4n) is 4.14. The van der Waals surface area contributed by atoms with Crippen LogP contribution in [0.15, 0.2) is 66.7 Å². The molecule has 146 valence electrons. The average Bonchev–Trinajstić information content (AvgIpc) is 2.73. The number of pyridine rings is 1. The van der Waals surface area contributed by atoms with E-state index < -0.39 is 0 Å². The van der Waals surface area contributed by atoms with E-state index >= 15 is 0 Å². The van der Waals surface area contributed by atoms with E-state index in [0.717, 1.165) is 32.2 Å². The summed E-state index contributed by atoms with van der Waals surface area (Å²) in [7, 11) is 0. The van der Waals surface area contributed by atoms with Crippen LogP contribution in [0.3, 0.4) is 0 Å². The summed E-state index contributed by atoms with van der Waals surface area (Å²) in [6.07, 6.45) is 6.93. The standard InChI is InChI=1S/C27H34N/c1-4-5-20-28-22(2)21-26(18-16-24-12-8-6-9-13-24)27(23(28)3)19-17-25-14-10-7-11-15-25/h6-15,21H,4-5,16-20H2,1-3H3/q+1. The van der Waals surface area contributed by atoms with Crippen molar-refractivity contribution in [2.45, 2.75) is 65.8 Å². The Labute approximate surface area is 171 Å². The maximum atomic E-state index is 2.54. The Bertz CT molecular complexity index is 866. The van der Waals surface area contributed by atoms with E-state index in [1.165, 1.54) is 40.9 Å². The predicted octanol–water partition coefficient (Wildman–Crippen LogP) is 5.96. The van der Waals surface area contributed by atoms with Gasteiger partial charge in [0, 0.05) is 31.9 Å². The van der Waals surface area contributed by atoms with Crippen molar-refractivity contribution in [1.82, 2.24) is 0 Å². The molecule has 28 heavy (non-hydrogen) atoms. The zero-order valence-electron chi connectivity index (χ0n) is 17.7. The van der Waals surface area contributed by atoms with Gasteiger partial charge in [-0.25, -0.2) is 4.57 Å². The minimum atomic E-state index is 1.11. The van der Waals surface area contributed by atoms with Gasteiger partial charge in [0.25, 0.3) is 0 Å². The molecule has 0 bridgehead atoms. The Morgan fingerprint density at radius 1 is 0.714 bits per heavy atom. The Balaban J connectivity index is 1.87. The number of hydrogen-bond donors (Lipinski definition) is 0. The number of aryl methyl sites for hydroxylation is 4. The minimum Gasteiger partial charge on any atom is -0.200 e. The zero-order valence-corrected chi connectivity index (χ0v) is 17.7. The van der Waals surface area contributed by atoms with Gasteiger partial charge >= 0.3 is 0 Å². The number of aromatic nitrogens is 1. The molecule has 0 N–H and O–H groups in total. The topological polar surface area (TPSA) is 3.88 Å². The molecular formula is C27H34N+. The molecular weight excluding hydrogens is 338 g/mol. The number of nitrogens with zero attached hydrogens (tertiary/aromatic N) is 1. The molecule has 0 fully saturated rings. The van der Waals surface area contributed by atoms with Gasteiger partial charge in [-0.15, -0.1) is 0 Å². The summed E-state index contributed by atoms with van der Waals surface area (Å²) >= 11 is 0. The van der Waals surface area contributed by atoms with Gasteiger partial charge in [-0.2, -0.15) is 0 Å². The number of rotatable bonds is 9. The Hall–Kier alpha value is -2.41. The van der Waals surface area contributed by atoms with E-state index in [1.54, 1.807) is 5.56 Å². The second-order valence-corrected chi connectivity index (χ2v) is 7.85. The summed E-state index contributed by atoms with van der Waals surface area (Å²) in [6, 6.07) is 24.2. The van der Waals surface area contributed by atoms with Gasteiger partial charge < -0.3 is 0 Å². The first-order valence-electron chi connectivity index (χ1n) is 10.8. The second kappa shape index (κ2) is 10.2. The van der Waals surface area contributed by atoms with Crippen LogP contribution in [-0.4, -0.2) is 0 Å². The van der Waals surface area contributed by atoms with Crippen molar-refractivity contribution in [3.63, 3.8) is 0 Å². The molecule has 0 saturated carbocycles. The highest BCUT2D eigenvalue weighted by Crippen LogP contribution is 2.19. The molecule has 0 atom stereocenters. The highest BCUT2D eigenvalue weighted by molar-refractivity contribution is 5.31. The highest BCUT2D eigenvalue weighted by Gasteiger charge is 2.19. The quantitative estimate of drug-likeness (QED) is 0.408. The SMILES string of the molecule is CCCC[n+]1c(C)cc(CCc2ccccc2)c(CCc2ccccc2)c1C. The van der Waals surface area contributed by atoms with Gasteiger partial charge in [0.05, 0.1) is 0 Å². The third-order valence-electron chi connectivity index (χ3n) is 5.81. The summed E-state index contributed by atoms with van der Waals surface area (Å²) in [5.41, 5.74) is 8.81. The Morgan fingerprint density at radius 2 is 1.29 bits per heavy atom. The highest BCUT2D eigenvalue weighted by atomic mass is 15.0. The molecule has 3 aromatic rings. The molecule has 1 heterocycles. The van der Waals surface area contributed by atoms with Gasteiger partial charge in [0.1, 0.15) is 6.54 Å². The molecule has 1 aromatic heterocycles. The van der Waals surface area contributed by atoms with Crippen LogP contribution in [0.4, 0.5) is 0 Å². The molecule has 0 aliphatic carbocycles. The summed E-state index contributed by atoms with van der Waals surface area (Å²) < 4.78 is 2.54. The molecule has 0 unspecified atom stereocenters. The van der Waals surface area contributed by atoms with Gasteiger partial charge in [-0.3, -0.25) is 0 Å². The predicted molar refractivity (Wildman–Crippen MR) is 119 cm³/mol. The molecule has 0 spiro atoms. The summed E-state index contributed by atoms with van der Waals surface area (Å²) in [4.78, 5) is 0. The van der Waals surface area contributed by atoms with Crippen molar-refractivity contribution < 1.29 is 4.57 Å². The van der Waals surface area contributed by atoms with E-state index in [9.17, 15) is 0 Å². The summed E-state index contributed by atoms with van der Waals surface area (Å²) in [5.74, 6) is 0. The van der Waals surface area contributed by atoms with Crippen LogP contribution in [0.5, 0.6) is 0 Å². The molecule has 0 amide bonds. The van der Waals surface area contributed by atoms with Crippen LogP contribution in [-0.2, 0) is 32.2 Å². The van der Waals surface area contributed by atoms with Gasteiger partial charge in [0.15, 0.2) is 11.4 Å². The van der Waals surface area contributed by atoms with Crippen LogP contribution in [0, 0.1) is 13.8 Å². The van der Waals surface area contributed by atoms with Crippen LogP contribution >= 0.6 is 0 Å². The van der Waals surface area contributed by atoms with Crippen molar-refractivity contribution in [1.29, 1.82) is 0 Å². The third-order valence-corrected chi connectivity index (χ3v) is 5.81. The molecule has 1 heteroatoms. The van der Waals surface area contributed by atoms with E-state index in [2.05, 4.69) is 92.1 Å². The maximum absolute atomic E-state index is 2.54. The molecule has 0 radical (unpaired) electrons. The van der Waals surface area contributed by atoms with Crippen LogP contribution in [0.25, 0.3) is 0 Å². The zero-order chi connectivity index (χ0) is 19.8. The number of unbranched alkanes of at least 4 members (excludes halogenated alkanes) is 1. The molecule has 3 rings (SSSR count). The second-order valence-electron chi connectivity index (χ2n) is 7.85. The average molecular weight is 373 g/mol. The molecule has 2 aromatic carbocycles. The lowest BCUT2D eigenvalue weighted by Crippen LogP contribution is -2.42. The van der Waals surface area contributed by atoms with E-state index in [-0.39, 0.29) is 0 Å². The van der Waals surface area contributed by atoms with E-state index in [1.807, 2.05) is 0 Å². The smallest absolute Gasteiger partial charge is 0.181 e. The Morgan fingerprint density at radius 3 is 1.86 bits per heavy atom. The first-order valence-corrected chi connectivity index (χ1v) is 10.8. The van der Waals surface area contributed by atoms with E-state index in [0.29, 0.717) is 0 Å².